The molecular weight excluding hydrogens is 269 g/mol. The Morgan fingerprint density at radius 2 is 2.00 bits per heavy atom. The van der Waals surface area contributed by atoms with E-state index in [-0.39, 0.29) is 12.2 Å². The van der Waals surface area contributed by atoms with E-state index in [0.717, 1.165) is 16.5 Å². The molecular formula is C17H14FNO2. The molecule has 0 fully saturated rings. The van der Waals surface area contributed by atoms with Gasteiger partial charge in [0.1, 0.15) is 5.82 Å². The molecule has 3 rings (SSSR count). The van der Waals surface area contributed by atoms with Crippen LogP contribution in [0.25, 0.3) is 22.2 Å². The molecule has 3 nitrogen and oxygen atoms in total. The number of halogens is 1. The number of aromatic nitrogens is 1. The number of rotatable bonds is 3. The summed E-state index contributed by atoms with van der Waals surface area (Å²) in [5, 5.41) is 10.0. The fraction of sp³-hybridized carbons (Fsp3) is 0.118. The number of carboxylic acids is 1. The Morgan fingerprint density at radius 3 is 2.71 bits per heavy atom. The number of H-pyrrole nitrogens is 1. The number of nitrogens with one attached hydrogen (secondary N) is 1. The average molecular weight is 283 g/mol. The molecule has 3 aromatic rings. The van der Waals surface area contributed by atoms with E-state index in [0.29, 0.717) is 16.8 Å². The van der Waals surface area contributed by atoms with Crippen molar-refractivity contribution in [3.63, 3.8) is 0 Å². The topological polar surface area (TPSA) is 53.1 Å². The van der Waals surface area contributed by atoms with E-state index in [9.17, 15) is 9.18 Å². The number of para-hydroxylation sites is 1. The van der Waals surface area contributed by atoms with Crippen LogP contribution in [0.5, 0.6) is 0 Å². The van der Waals surface area contributed by atoms with Gasteiger partial charge in [0.25, 0.3) is 0 Å². The molecule has 21 heavy (non-hydrogen) atoms. The van der Waals surface area contributed by atoms with Crippen molar-refractivity contribution in [1.29, 1.82) is 0 Å². The Morgan fingerprint density at radius 1 is 1.24 bits per heavy atom. The summed E-state index contributed by atoms with van der Waals surface area (Å²) >= 11 is 0. The minimum absolute atomic E-state index is 0.102. The third-order valence-electron chi connectivity index (χ3n) is 3.59. The van der Waals surface area contributed by atoms with E-state index in [1.165, 1.54) is 12.1 Å². The highest BCUT2D eigenvalue weighted by atomic mass is 19.1. The monoisotopic (exact) mass is 283 g/mol. The molecule has 2 aromatic carbocycles. The first-order valence-electron chi connectivity index (χ1n) is 6.64. The van der Waals surface area contributed by atoms with Gasteiger partial charge >= 0.3 is 5.97 Å². The fourth-order valence-electron chi connectivity index (χ4n) is 2.65. The number of aromatic amines is 1. The molecule has 4 heteroatoms. The molecule has 0 atom stereocenters. The predicted molar refractivity (Wildman–Crippen MR) is 79.8 cm³/mol. The highest BCUT2D eigenvalue weighted by Gasteiger charge is 2.16. The average Bonchev–Trinajstić information content (AvgIpc) is 2.79. The van der Waals surface area contributed by atoms with E-state index < -0.39 is 5.97 Å². The van der Waals surface area contributed by atoms with Crippen LogP contribution in [0.4, 0.5) is 4.39 Å². The predicted octanol–water partition coefficient (Wildman–Crippen LogP) is 3.91. The summed E-state index contributed by atoms with van der Waals surface area (Å²) in [5.41, 5.74) is 3.93. The summed E-state index contributed by atoms with van der Waals surface area (Å²) in [6.45, 7) is 1.96. The van der Waals surface area contributed by atoms with Gasteiger partial charge in [-0.25, -0.2) is 4.39 Å². The van der Waals surface area contributed by atoms with Gasteiger partial charge in [-0.2, -0.15) is 0 Å². The number of fused-ring (bicyclic) bond motifs is 1. The molecule has 0 spiro atoms. The number of benzene rings is 2. The van der Waals surface area contributed by atoms with Crippen LogP contribution in [0.15, 0.2) is 42.5 Å². The summed E-state index contributed by atoms with van der Waals surface area (Å²) in [6, 6.07) is 11.9. The highest BCUT2D eigenvalue weighted by Crippen LogP contribution is 2.32. The second kappa shape index (κ2) is 5.05. The lowest BCUT2D eigenvalue weighted by Gasteiger charge is -2.03. The lowest BCUT2D eigenvalue weighted by molar-refractivity contribution is -0.136. The maximum atomic E-state index is 13.5. The molecule has 0 saturated carbocycles. The van der Waals surface area contributed by atoms with Crippen molar-refractivity contribution >= 4 is 16.9 Å². The summed E-state index contributed by atoms with van der Waals surface area (Å²) in [7, 11) is 0. The van der Waals surface area contributed by atoms with Gasteiger partial charge < -0.3 is 10.1 Å². The molecule has 2 N–H and O–H groups in total. The molecule has 0 bridgehead atoms. The van der Waals surface area contributed by atoms with Gasteiger partial charge in [0, 0.05) is 16.5 Å². The van der Waals surface area contributed by atoms with E-state index in [1.54, 1.807) is 12.1 Å². The molecule has 1 aromatic heterocycles. The lowest BCUT2D eigenvalue weighted by Crippen LogP contribution is -2.01. The van der Waals surface area contributed by atoms with Gasteiger partial charge in [-0.15, -0.1) is 0 Å². The van der Waals surface area contributed by atoms with Crippen molar-refractivity contribution < 1.29 is 14.3 Å². The van der Waals surface area contributed by atoms with Crippen LogP contribution in [0.1, 0.15) is 11.1 Å². The Bertz CT molecular complexity index is 836. The van der Waals surface area contributed by atoms with E-state index in [4.69, 9.17) is 5.11 Å². The first-order valence-corrected chi connectivity index (χ1v) is 6.64. The Balaban J connectivity index is 2.30. The van der Waals surface area contributed by atoms with Gasteiger partial charge in [0.15, 0.2) is 0 Å². The second-order valence-electron chi connectivity index (χ2n) is 5.06. The van der Waals surface area contributed by atoms with Crippen molar-refractivity contribution in [1.82, 2.24) is 4.98 Å². The number of carboxylic acid groups (broad SMARTS) is 1. The Labute approximate surface area is 121 Å². The van der Waals surface area contributed by atoms with Gasteiger partial charge in [-0.3, -0.25) is 4.79 Å². The molecule has 0 radical (unpaired) electrons. The molecule has 1 heterocycles. The van der Waals surface area contributed by atoms with Crippen molar-refractivity contribution in [2.75, 3.05) is 0 Å². The van der Waals surface area contributed by atoms with Crippen LogP contribution in [0, 0.1) is 12.7 Å². The van der Waals surface area contributed by atoms with Crippen LogP contribution in [-0.2, 0) is 11.2 Å². The van der Waals surface area contributed by atoms with Crippen molar-refractivity contribution in [3.05, 3.63) is 59.4 Å². The summed E-state index contributed by atoms with van der Waals surface area (Å²) in [4.78, 5) is 14.4. The van der Waals surface area contributed by atoms with Crippen LogP contribution >= 0.6 is 0 Å². The zero-order chi connectivity index (χ0) is 15.0. The van der Waals surface area contributed by atoms with E-state index in [2.05, 4.69) is 4.98 Å². The van der Waals surface area contributed by atoms with Crippen LogP contribution < -0.4 is 0 Å². The molecule has 106 valence electrons. The third-order valence-corrected chi connectivity index (χ3v) is 3.59. The summed E-state index contributed by atoms with van der Waals surface area (Å²) in [6.07, 6.45) is -0.102. The standard InChI is InChI=1S/C17H14FNO2/c1-10-4-2-7-13-14(9-15(20)21)17(19-16(10)13)11-5-3-6-12(18)8-11/h2-8,19H,9H2,1H3,(H,20,21). The van der Waals surface area contributed by atoms with Crippen molar-refractivity contribution in [3.8, 4) is 11.3 Å². The fourth-order valence-corrected chi connectivity index (χ4v) is 2.65. The highest BCUT2D eigenvalue weighted by molar-refractivity contribution is 5.95. The molecule has 0 aliphatic rings. The van der Waals surface area contributed by atoms with Crippen molar-refractivity contribution in [2.24, 2.45) is 0 Å². The quantitative estimate of drug-likeness (QED) is 0.765. The number of hydrogen-bond acceptors (Lipinski definition) is 1. The third kappa shape index (κ3) is 2.40. The minimum Gasteiger partial charge on any atom is -0.481 e. The van der Waals surface area contributed by atoms with Crippen LogP contribution in [0.2, 0.25) is 0 Å². The lowest BCUT2D eigenvalue weighted by atomic mass is 10.0. The largest absolute Gasteiger partial charge is 0.481 e. The van der Waals surface area contributed by atoms with Gasteiger partial charge in [0.05, 0.1) is 12.1 Å². The molecule has 0 amide bonds. The van der Waals surface area contributed by atoms with Crippen molar-refractivity contribution in [2.45, 2.75) is 13.3 Å². The first-order chi connectivity index (χ1) is 10.1. The molecule has 0 aliphatic heterocycles. The van der Waals surface area contributed by atoms with Crippen LogP contribution in [-0.4, -0.2) is 16.1 Å². The zero-order valence-electron chi connectivity index (χ0n) is 11.5. The van der Waals surface area contributed by atoms with Gasteiger partial charge in [-0.1, -0.05) is 30.3 Å². The molecule has 0 unspecified atom stereocenters. The SMILES string of the molecule is Cc1cccc2c(CC(=O)O)c(-c3cccc(F)c3)[nH]c12. The zero-order valence-corrected chi connectivity index (χ0v) is 11.5. The maximum Gasteiger partial charge on any atom is 0.307 e. The number of aliphatic carboxylic acids is 1. The number of aryl methyl sites for hydroxylation is 1. The molecule has 0 aliphatic carbocycles. The number of hydrogen-bond donors (Lipinski definition) is 2. The van der Waals surface area contributed by atoms with Gasteiger partial charge in [0.2, 0.25) is 0 Å². The van der Waals surface area contributed by atoms with Crippen LogP contribution in [0.3, 0.4) is 0 Å². The molecule has 0 saturated heterocycles. The Kier molecular flexibility index (Phi) is 3.22. The maximum absolute atomic E-state index is 13.5. The summed E-state index contributed by atoms with van der Waals surface area (Å²) < 4.78 is 13.5. The van der Waals surface area contributed by atoms with Gasteiger partial charge in [-0.05, 0) is 30.2 Å². The summed E-state index contributed by atoms with van der Waals surface area (Å²) in [5.74, 6) is -1.25. The number of carbonyl (C=O) groups is 1. The smallest absolute Gasteiger partial charge is 0.307 e. The normalized spacial score (nSPS) is 11.0. The minimum atomic E-state index is -0.907. The van der Waals surface area contributed by atoms with E-state index >= 15 is 0 Å². The first kappa shape index (κ1) is 13.4. The second-order valence-corrected chi connectivity index (χ2v) is 5.06. The van der Waals surface area contributed by atoms with E-state index in [1.807, 2.05) is 25.1 Å². The Hall–Kier alpha value is -2.62.